The molecule has 0 radical (unpaired) electrons. The lowest BCUT2D eigenvalue weighted by molar-refractivity contribution is -0.146. The number of nitriles is 2. The summed E-state index contributed by atoms with van der Waals surface area (Å²) in [6, 6.07) is 4.97. The Bertz CT molecular complexity index is 3400. The van der Waals surface area contributed by atoms with E-state index in [4.69, 9.17) is 52.3 Å². The molecule has 0 heterocycles. The lowest BCUT2D eigenvalue weighted by Crippen LogP contribution is -2.44. The van der Waals surface area contributed by atoms with Gasteiger partial charge in [0.05, 0.1) is 30.8 Å². The topological polar surface area (TPSA) is 251 Å². The maximum absolute atomic E-state index is 12.7. The van der Waals surface area contributed by atoms with Gasteiger partial charge in [-0.05, 0) is 378 Å². The second-order valence-corrected chi connectivity index (χ2v) is 45.0. The number of alkyl halides is 1. The minimum atomic E-state index is -0.471. The number of ether oxygens (including phenoxy) is 3. The van der Waals surface area contributed by atoms with Crippen molar-refractivity contribution >= 4 is 41.3 Å². The number of primary amides is 1. The van der Waals surface area contributed by atoms with Gasteiger partial charge in [-0.3, -0.25) is 24.0 Å². The van der Waals surface area contributed by atoms with Crippen LogP contribution in [0.25, 0.3) is 0 Å². The van der Waals surface area contributed by atoms with E-state index in [0.717, 1.165) is 233 Å². The van der Waals surface area contributed by atoms with Crippen molar-refractivity contribution in [1.82, 2.24) is 10.6 Å². The fourth-order valence-electron chi connectivity index (χ4n) is 33.1. The highest BCUT2D eigenvalue weighted by Crippen LogP contribution is 2.73. The van der Waals surface area contributed by atoms with Crippen LogP contribution >= 0.6 is 11.6 Å². The summed E-state index contributed by atoms with van der Waals surface area (Å²) < 4.78 is 15.0. The van der Waals surface area contributed by atoms with E-state index in [1.165, 1.54) is 89.9 Å². The van der Waals surface area contributed by atoms with E-state index in [9.17, 15) is 24.0 Å². The molecule has 15 nitrogen and oxygen atoms in total. The van der Waals surface area contributed by atoms with Crippen LogP contribution in [-0.2, 0) is 38.2 Å². The van der Waals surface area contributed by atoms with Crippen molar-refractivity contribution in [2.45, 2.75) is 252 Å². The van der Waals surface area contributed by atoms with Crippen LogP contribution in [0.2, 0.25) is 0 Å². The second kappa shape index (κ2) is 36.9. The number of hydrogen-bond donors (Lipinski definition) is 5. The lowest BCUT2D eigenvalue weighted by Gasteiger charge is -2.43. The quantitative estimate of drug-likeness (QED) is 0.0471. The predicted octanol–water partition coefficient (Wildman–Crippen LogP) is 18.1. The Morgan fingerprint density at radius 3 is 1.21 bits per heavy atom. The Morgan fingerprint density at radius 2 is 0.826 bits per heavy atom. The van der Waals surface area contributed by atoms with E-state index in [2.05, 4.69) is 140 Å². The summed E-state index contributed by atoms with van der Waals surface area (Å²) in [7, 11) is 0. The van der Waals surface area contributed by atoms with Crippen molar-refractivity contribution in [2.75, 3.05) is 52.7 Å². The van der Waals surface area contributed by atoms with Gasteiger partial charge in [0.25, 0.3) is 0 Å². The molecular formula is C99H160ClN5O10. The molecule has 20 fully saturated rings. The molecule has 20 saturated carbocycles. The highest BCUT2D eigenvalue weighted by atomic mass is 35.5. The number of aliphatic hydroxyl groups is 2. The van der Waals surface area contributed by atoms with Gasteiger partial charge >= 0.3 is 11.9 Å². The van der Waals surface area contributed by atoms with Crippen LogP contribution < -0.4 is 16.4 Å². The zero-order valence-corrected chi connectivity index (χ0v) is 75.4. The van der Waals surface area contributed by atoms with Gasteiger partial charge in [-0.25, -0.2) is 0 Å². The SMILES string of the molecule is CC1C(C)C2CC1C1C3CC(C(=O)NCC(=O)OCCO)C(C3)C21.CC1C2CC(C#N)C(C2)C1C.CC1C2CC(C(N)=O)C(C2)C1C.CC1C2CC(C1C)C(C)(C#N)C2.CC1C2CC(CO)C(C2)C1C.CC1C2CC(Cl)C(C2)C1C.CC1C2CCC(C2)C1C.CCOCCOC(=O)CNC(=O)C1CC2CC1C1C3CC(C(C)C3C)C21. The molecule has 47 atom stereocenters. The summed E-state index contributed by atoms with van der Waals surface area (Å²) >= 11 is 6.17. The molecule has 3 amide bonds. The van der Waals surface area contributed by atoms with Gasteiger partial charge in [0.2, 0.25) is 17.7 Å². The molecule has 0 spiro atoms. The second-order valence-electron chi connectivity index (χ2n) is 44.4. The van der Waals surface area contributed by atoms with Crippen LogP contribution in [0.15, 0.2) is 0 Å². The van der Waals surface area contributed by atoms with E-state index < -0.39 is 5.97 Å². The van der Waals surface area contributed by atoms with Gasteiger partial charge in [0.15, 0.2) is 0 Å². The first-order valence-corrected chi connectivity index (χ1v) is 48.5. The Morgan fingerprint density at radius 1 is 0.417 bits per heavy atom. The van der Waals surface area contributed by atoms with E-state index in [1.54, 1.807) is 6.42 Å². The van der Waals surface area contributed by atoms with Gasteiger partial charge in [0, 0.05) is 42.3 Å². The maximum atomic E-state index is 12.7. The number of halogens is 1. The Kier molecular flexibility index (Phi) is 28.6. The smallest absolute Gasteiger partial charge is 0.325 e. The number of amides is 3. The summed E-state index contributed by atoms with van der Waals surface area (Å²) in [5.74, 6) is 34.1. The normalized spacial score (nSPS) is 51.6. The third kappa shape index (κ3) is 17.1. The molecule has 47 unspecified atom stereocenters. The molecule has 0 aromatic rings. The van der Waals surface area contributed by atoms with Crippen molar-refractivity contribution < 1.29 is 48.4 Å². The van der Waals surface area contributed by atoms with Crippen LogP contribution in [0.5, 0.6) is 0 Å². The molecule has 115 heavy (non-hydrogen) atoms. The molecule has 20 bridgehead atoms. The van der Waals surface area contributed by atoms with Crippen molar-refractivity contribution in [3.05, 3.63) is 0 Å². The zero-order valence-electron chi connectivity index (χ0n) is 74.7. The lowest BCUT2D eigenvalue weighted by atomic mass is 9.62. The highest BCUT2D eigenvalue weighted by Gasteiger charge is 2.69. The van der Waals surface area contributed by atoms with Gasteiger partial charge in [0.1, 0.15) is 26.3 Å². The van der Waals surface area contributed by atoms with Crippen LogP contribution in [0.4, 0.5) is 0 Å². The minimum absolute atomic E-state index is 0.00821. The Labute approximate surface area is 701 Å². The summed E-state index contributed by atoms with van der Waals surface area (Å²) in [4.78, 5) is 59.6. The zero-order chi connectivity index (χ0) is 83.0. The van der Waals surface area contributed by atoms with Crippen molar-refractivity contribution in [1.29, 1.82) is 10.5 Å². The molecule has 648 valence electrons. The molecule has 0 aliphatic heterocycles. The first-order chi connectivity index (χ1) is 54.7. The van der Waals surface area contributed by atoms with E-state index in [0.29, 0.717) is 66.6 Å². The van der Waals surface area contributed by atoms with Crippen LogP contribution in [0, 0.1) is 294 Å². The van der Waals surface area contributed by atoms with Gasteiger partial charge in [-0.2, -0.15) is 10.5 Å². The molecule has 20 rings (SSSR count). The number of nitrogens with zero attached hydrogens (tertiary/aromatic N) is 2. The van der Waals surface area contributed by atoms with Crippen LogP contribution in [0.3, 0.4) is 0 Å². The summed E-state index contributed by atoms with van der Waals surface area (Å²) in [5.41, 5.74) is 5.36. The first-order valence-electron chi connectivity index (χ1n) is 48.1. The third-order valence-electron chi connectivity index (χ3n) is 41.0. The largest absolute Gasteiger partial charge is 0.462 e. The van der Waals surface area contributed by atoms with Crippen LogP contribution in [0.1, 0.15) is 247 Å². The van der Waals surface area contributed by atoms with E-state index in [-0.39, 0.29) is 79.8 Å². The van der Waals surface area contributed by atoms with Crippen molar-refractivity contribution in [2.24, 2.45) is 277 Å². The number of esters is 2. The van der Waals surface area contributed by atoms with Gasteiger partial charge in [-0.15, -0.1) is 11.6 Å². The Hall–Kier alpha value is -3.50. The average Bonchev–Trinajstić information content (AvgIpc) is 1.54. The number of carbonyl (C=O) groups is 5. The number of fused-ring (bicyclic) bond motifs is 30. The number of carbonyl (C=O) groups excluding carboxylic acids is 5. The molecule has 16 heteroatoms. The number of nitrogens with two attached hydrogens (primary N) is 1. The molecule has 20 aliphatic rings. The number of nitrogens with one attached hydrogen (secondary N) is 2. The monoisotopic (exact) mass is 1610 g/mol. The van der Waals surface area contributed by atoms with Crippen molar-refractivity contribution in [3.8, 4) is 12.1 Å². The molecule has 6 N–H and O–H groups in total. The summed E-state index contributed by atoms with van der Waals surface area (Å²) in [6.07, 6.45) is 24.6. The minimum Gasteiger partial charge on any atom is -0.462 e. The average molecular weight is 1620 g/mol. The molecule has 0 saturated heterocycles. The number of rotatable bonds is 14. The summed E-state index contributed by atoms with van der Waals surface area (Å²) in [6.45, 7) is 43.4. The Balaban J connectivity index is 0.000000118. The molecule has 0 aromatic carbocycles. The van der Waals surface area contributed by atoms with E-state index >= 15 is 0 Å². The first kappa shape index (κ1) is 89.3. The molecule has 0 aromatic heterocycles. The molecular weight excluding hydrogens is 1450 g/mol. The number of hydrogen-bond acceptors (Lipinski definition) is 12. The predicted molar refractivity (Wildman–Crippen MR) is 452 cm³/mol. The van der Waals surface area contributed by atoms with Crippen LogP contribution in [-0.4, -0.2) is 98.0 Å². The molecule has 20 aliphatic carbocycles. The van der Waals surface area contributed by atoms with Gasteiger partial charge in [-0.1, -0.05) is 111 Å². The highest BCUT2D eigenvalue weighted by molar-refractivity contribution is 6.21. The fraction of sp³-hybridized carbons (Fsp3) is 0.929. The fourth-order valence-corrected chi connectivity index (χ4v) is 33.7. The van der Waals surface area contributed by atoms with Crippen molar-refractivity contribution in [3.63, 3.8) is 0 Å². The maximum Gasteiger partial charge on any atom is 0.325 e. The standard InChI is InChI=1S/C21H33NO4.C19H29NO4.C11H17N.C10H17NO.C10H15N.C10H18O.C9H15Cl.C9H16/c1-4-25-5-6-26-18(23)10-22-21(24)17-8-13-7-16(17)20-15-9-14(19(13)20)11(2)12(15)3;1-9-10(2)13-7-12(9)17-11-5-14(18(13)17)15(6-11)19(23)20-8-16(22)24-4-3-21;1-7-8(2)10-4-9(7)5-11(10,3)6-12;1-5-6(2)8-3-7(5)4-9(8)10(11)12;2*1-6-7(2)10-4-8(6)3-9(10)5-11;1-5-6(2)8-3-7(5)4-9(8)10;1-6-7(2)9-4-3-8(6)5-9/h11-17,19-20H,4-10H2,1-3H3,(H,22,24);9-15,17-18,21H,3-8H2,1-2H3,(H,20,23);7-10H,4-5H2,1-3H3;5-9H,3-4H2,1-2H3,(H2,11,12);6-10H,3-4H2,1-2H3;6-11H,3-5H2,1-2H3;5-9H,3-4H2,1-2H3;6-9H,3-5H2,1-2H3. The number of aliphatic hydroxyl groups excluding tert-OH is 2. The summed E-state index contributed by atoms with van der Waals surface area (Å²) in [5, 5.41) is 41.8. The van der Waals surface area contributed by atoms with E-state index in [1.807, 2.05) is 6.92 Å². The third-order valence-corrected chi connectivity index (χ3v) is 41.5. The van der Waals surface area contributed by atoms with Gasteiger partial charge < -0.3 is 40.8 Å².